The Labute approximate surface area is 394 Å². The van der Waals surface area contributed by atoms with Crippen LogP contribution in [-0.2, 0) is 14.3 Å². The lowest BCUT2D eigenvalue weighted by Gasteiger charge is -2.40. The Balaban J connectivity index is 2.09. The lowest BCUT2D eigenvalue weighted by Crippen LogP contribution is -2.60. The van der Waals surface area contributed by atoms with Crippen LogP contribution in [0.2, 0.25) is 0 Å². The summed E-state index contributed by atoms with van der Waals surface area (Å²) >= 11 is 0. The first kappa shape index (κ1) is 60.7. The predicted molar refractivity (Wildman–Crippen MR) is 267 cm³/mol. The summed E-state index contributed by atoms with van der Waals surface area (Å²) in [5.41, 5.74) is 0. The molecule has 0 aromatic carbocycles. The van der Waals surface area contributed by atoms with Crippen LogP contribution in [0.1, 0.15) is 264 Å². The van der Waals surface area contributed by atoms with Crippen LogP contribution in [0.5, 0.6) is 0 Å². The van der Waals surface area contributed by atoms with Crippen molar-refractivity contribution < 1.29 is 39.8 Å². The highest BCUT2D eigenvalue weighted by atomic mass is 16.7. The Morgan fingerprint density at radius 3 is 1.34 bits per heavy atom. The van der Waals surface area contributed by atoms with E-state index in [9.17, 15) is 30.3 Å². The van der Waals surface area contributed by atoms with Gasteiger partial charge in [-0.1, -0.05) is 237 Å². The van der Waals surface area contributed by atoms with Crippen LogP contribution in [0, 0.1) is 0 Å². The number of unbranched alkanes of at least 4 members (excludes halogenated alkanes) is 33. The molecule has 1 heterocycles. The zero-order valence-electron chi connectivity index (χ0n) is 41.8. The van der Waals surface area contributed by atoms with Crippen molar-refractivity contribution in [2.24, 2.45) is 0 Å². The Morgan fingerprint density at radius 2 is 0.922 bits per heavy atom. The smallest absolute Gasteiger partial charge is 0.220 e. The molecule has 1 amide bonds. The summed E-state index contributed by atoms with van der Waals surface area (Å²) in [4.78, 5) is 13.0. The molecule has 9 heteroatoms. The number of hydrogen-bond donors (Lipinski definition) is 6. The fourth-order valence-electron chi connectivity index (χ4n) is 8.90. The summed E-state index contributed by atoms with van der Waals surface area (Å²) in [6, 6.07) is -0.714. The van der Waals surface area contributed by atoms with E-state index >= 15 is 0 Å². The summed E-state index contributed by atoms with van der Waals surface area (Å²) in [5, 5.41) is 54.4. The molecule has 9 nitrogen and oxygen atoms in total. The highest BCUT2D eigenvalue weighted by Crippen LogP contribution is 2.23. The predicted octanol–water partition coefficient (Wildman–Crippen LogP) is 13.0. The molecule has 0 aromatic rings. The second-order valence-electron chi connectivity index (χ2n) is 19.4. The quantitative estimate of drug-likeness (QED) is 0.0261. The number of allylic oxidation sites excluding steroid dienone is 4. The standard InChI is InChI=1S/C55H105NO8/c1-3-5-7-9-11-13-15-16-17-18-19-20-21-22-23-24-25-26-27-28-29-30-31-32-33-34-35-37-39-41-43-45-51(59)56-48(47-63-55-54(62)53(61)52(60)50(46-57)64-55)49(58)44-42-40-38-36-14-12-10-8-6-4-2/h15-16,18-19,48-50,52-55,57-58,60-62H,3-14,17,20-47H2,1-2H3,(H,56,59)/b16-15-,19-18-. The van der Waals surface area contributed by atoms with Gasteiger partial charge in [0.05, 0.1) is 25.4 Å². The minimum absolute atomic E-state index is 0.135. The molecule has 0 spiro atoms. The van der Waals surface area contributed by atoms with E-state index in [4.69, 9.17) is 9.47 Å². The summed E-state index contributed by atoms with van der Waals surface area (Å²) in [6.07, 6.45) is 49.4. The van der Waals surface area contributed by atoms with Gasteiger partial charge in [-0.2, -0.15) is 0 Å². The summed E-state index contributed by atoms with van der Waals surface area (Å²) in [6.45, 7) is 3.82. The number of amides is 1. The fraction of sp³-hybridized carbons (Fsp3) is 0.909. The van der Waals surface area contributed by atoms with E-state index in [1.807, 2.05) is 0 Å². The van der Waals surface area contributed by atoms with Crippen molar-refractivity contribution in [1.82, 2.24) is 5.32 Å². The van der Waals surface area contributed by atoms with Crippen molar-refractivity contribution in [2.75, 3.05) is 13.2 Å². The van der Waals surface area contributed by atoms with E-state index in [0.717, 1.165) is 44.9 Å². The number of nitrogens with one attached hydrogen (secondary N) is 1. The molecule has 0 aliphatic carbocycles. The van der Waals surface area contributed by atoms with Crippen molar-refractivity contribution in [3.63, 3.8) is 0 Å². The number of aliphatic hydroxyl groups excluding tert-OH is 5. The Morgan fingerprint density at radius 1 is 0.531 bits per heavy atom. The normalized spacial score (nSPS) is 20.1. The highest BCUT2D eigenvalue weighted by molar-refractivity contribution is 5.76. The molecule has 64 heavy (non-hydrogen) atoms. The van der Waals surface area contributed by atoms with Gasteiger partial charge in [0.25, 0.3) is 0 Å². The first-order valence-corrected chi connectivity index (χ1v) is 27.5. The maximum atomic E-state index is 13.0. The molecular formula is C55H105NO8. The van der Waals surface area contributed by atoms with Gasteiger partial charge in [-0.25, -0.2) is 0 Å². The van der Waals surface area contributed by atoms with Gasteiger partial charge in [-0.05, 0) is 44.9 Å². The monoisotopic (exact) mass is 908 g/mol. The van der Waals surface area contributed by atoms with Crippen LogP contribution in [0.25, 0.3) is 0 Å². The topological polar surface area (TPSA) is 149 Å². The third-order valence-corrected chi connectivity index (χ3v) is 13.3. The number of carbonyl (C=O) groups is 1. The minimum Gasteiger partial charge on any atom is -0.394 e. The van der Waals surface area contributed by atoms with Gasteiger partial charge in [-0.3, -0.25) is 4.79 Å². The van der Waals surface area contributed by atoms with Gasteiger partial charge in [0.15, 0.2) is 6.29 Å². The second-order valence-corrected chi connectivity index (χ2v) is 19.4. The number of carbonyl (C=O) groups excluding carboxylic acids is 1. The third kappa shape index (κ3) is 34.9. The summed E-state index contributed by atoms with van der Waals surface area (Å²) in [5.74, 6) is -0.142. The van der Waals surface area contributed by atoms with Crippen molar-refractivity contribution in [2.45, 2.75) is 307 Å². The van der Waals surface area contributed by atoms with Crippen LogP contribution in [0.4, 0.5) is 0 Å². The van der Waals surface area contributed by atoms with Crippen molar-refractivity contribution in [3.8, 4) is 0 Å². The van der Waals surface area contributed by atoms with Gasteiger partial charge in [-0.15, -0.1) is 0 Å². The summed E-state index contributed by atoms with van der Waals surface area (Å²) in [7, 11) is 0. The lowest BCUT2D eigenvalue weighted by atomic mass is 9.99. The van der Waals surface area contributed by atoms with Gasteiger partial charge in [0, 0.05) is 6.42 Å². The molecule has 1 rings (SSSR count). The molecule has 6 N–H and O–H groups in total. The van der Waals surface area contributed by atoms with E-state index in [-0.39, 0.29) is 12.5 Å². The van der Waals surface area contributed by atoms with E-state index in [1.165, 1.54) is 193 Å². The molecule has 378 valence electrons. The molecule has 0 radical (unpaired) electrons. The molecule has 7 unspecified atom stereocenters. The molecule has 0 bridgehead atoms. The Bertz CT molecular complexity index is 1060. The lowest BCUT2D eigenvalue weighted by molar-refractivity contribution is -0.302. The zero-order chi connectivity index (χ0) is 46.6. The van der Waals surface area contributed by atoms with Crippen LogP contribution in [-0.4, -0.2) is 87.5 Å². The van der Waals surface area contributed by atoms with Crippen molar-refractivity contribution >= 4 is 5.91 Å². The molecule has 1 aliphatic rings. The van der Waals surface area contributed by atoms with Crippen LogP contribution in [0.3, 0.4) is 0 Å². The van der Waals surface area contributed by atoms with Crippen molar-refractivity contribution in [1.29, 1.82) is 0 Å². The van der Waals surface area contributed by atoms with E-state index < -0.39 is 49.5 Å². The number of hydrogen-bond acceptors (Lipinski definition) is 8. The SMILES string of the molecule is CCCCCCC/C=C\C/C=C\CCCCCCCCCCCCCCCCCCCCCC(=O)NC(COC1OC(CO)C(O)C(O)C1O)C(O)CCCCCCCCCCCC. The maximum Gasteiger partial charge on any atom is 0.220 e. The number of rotatable bonds is 47. The van der Waals surface area contributed by atoms with Gasteiger partial charge >= 0.3 is 0 Å². The highest BCUT2D eigenvalue weighted by Gasteiger charge is 2.44. The zero-order valence-corrected chi connectivity index (χ0v) is 41.8. The maximum absolute atomic E-state index is 13.0. The largest absolute Gasteiger partial charge is 0.394 e. The first-order chi connectivity index (χ1) is 31.3. The van der Waals surface area contributed by atoms with Gasteiger partial charge in [0.2, 0.25) is 5.91 Å². The number of ether oxygens (including phenoxy) is 2. The van der Waals surface area contributed by atoms with E-state index in [1.54, 1.807) is 0 Å². The van der Waals surface area contributed by atoms with Gasteiger partial charge in [0.1, 0.15) is 24.4 Å². The molecular weight excluding hydrogens is 803 g/mol. The molecule has 7 atom stereocenters. The minimum atomic E-state index is -1.55. The summed E-state index contributed by atoms with van der Waals surface area (Å²) < 4.78 is 11.3. The first-order valence-electron chi connectivity index (χ1n) is 27.5. The molecule has 0 aromatic heterocycles. The molecule has 1 saturated heterocycles. The van der Waals surface area contributed by atoms with Crippen LogP contribution in [0.15, 0.2) is 24.3 Å². The average Bonchev–Trinajstić information content (AvgIpc) is 3.29. The van der Waals surface area contributed by atoms with Crippen LogP contribution >= 0.6 is 0 Å². The average molecular weight is 908 g/mol. The number of aliphatic hydroxyl groups is 5. The van der Waals surface area contributed by atoms with Crippen LogP contribution < -0.4 is 5.32 Å². The molecule has 0 saturated carbocycles. The third-order valence-electron chi connectivity index (χ3n) is 13.3. The fourth-order valence-corrected chi connectivity index (χ4v) is 8.90. The van der Waals surface area contributed by atoms with E-state index in [2.05, 4.69) is 43.5 Å². The Kier molecular flexibility index (Phi) is 43.1. The molecule has 1 fully saturated rings. The van der Waals surface area contributed by atoms with Crippen molar-refractivity contribution in [3.05, 3.63) is 24.3 Å². The van der Waals surface area contributed by atoms with Gasteiger partial charge < -0.3 is 40.3 Å². The molecule has 1 aliphatic heterocycles. The van der Waals surface area contributed by atoms with E-state index in [0.29, 0.717) is 12.8 Å². The second kappa shape index (κ2) is 45.5. The Hall–Kier alpha value is -1.33.